The Morgan fingerprint density at radius 3 is 2.71 bits per heavy atom. The summed E-state index contributed by atoms with van der Waals surface area (Å²) in [6, 6.07) is 0. The first-order valence-electron chi connectivity index (χ1n) is 3.79. The molecule has 0 aliphatic carbocycles. The Labute approximate surface area is 78.9 Å². The fourth-order valence-electron chi connectivity index (χ4n) is 1.37. The second kappa shape index (κ2) is 2.74. The summed E-state index contributed by atoms with van der Waals surface area (Å²) in [5.41, 5.74) is -0.204. The quantitative estimate of drug-likeness (QED) is 0.605. The Morgan fingerprint density at radius 2 is 2.07 bits per heavy atom. The highest BCUT2D eigenvalue weighted by atomic mass is 32.2. The molecule has 0 spiro atoms. The second-order valence-corrected chi connectivity index (χ2v) is 5.09. The van der Waals surface area contributed by atoms with Gasteiger partial charge in [0.05, 0.1) is 22.8 Å². The average Bonchev–Trinajstić information content (AvgIpc) is 2.40. The molecule has 0 bridgehead atoms. The molecule has 0 fully saturated rings. The summed E-state index contributed by atoms with van der Waals surface area (Å²) in [6.45, 7) is 0. The van der Waals surface area contributed by atoms with Gasteiger partial charge in [-0.15, -0.1) is 0 Å². The van der Waals surface area contributed by atoms with Gasteiger partial charge in [-0.2, -0.15) is 0 Å². The van der Waals surface area contributed by atoms with Crippen LogP contribution in [0.5, 0.6) is 0 Å². The van der Waals surface area contributed by atoms with Gasteiger partial charge in [0.2, 0.25) is 0 Å². The maximum Gasteiger partial charge on any atom is 0.255 e. The SMILES string of the molecule is O=Cc1nc2c(c(=O)[nH]1)CS(=O)(=O)C2. The first kappa shape index (κ1) is 9.07. The molecule has 6 nitrogen and oxygen atoms in total. The Hall–Kier alpha value is -1.50. The average molecular weight is 214 g/mol. The molecule has 0 atom stereocenters. The summed E-state index contributed by atoms with van der Waals surface area (Å²) in [7, 11) is -3.25. The van der Waals surface area contributed by atoms with Crippen molar-refractivity contribution >= 4 is 16.1 Å². The molecule has 74 valence electrons. The summed E-state index contributed by atoms with van der Waals surface area (Å²) in [5.74, 6) is -0.678. The van der Waals surface area contributed by atoms with Crippen molar-refractivity contribution in [1.29, 1.82) is 0 Å². The molecule has 1 aliphatic rings. The van der Waals surface area contributed by atoms with E-state index in [0.29, 0.717) is 6.29 Å². The summed E-state index contributed by atoms with van der Waals surface area (Å²) in [6.07, 6.45) is 0.382. The zero-order valence-electron chi connectivity index (χ0n) is 6.98. The lowest BCUT2D eigenvalue weighted by Gasteiger charge is -1.94. The Kier molecular flexibility index (Phi) is 1.78. The topological polar surface area (TPSA) is 97.0 Å². The molecule has 1 aromatic rings. The molecule has 0 aromatic carbocycles. The Balaban J connectivity index is 2.69. The van der Waals surface area contributed by atoms with E-state index >= 15 is 0 Å². The van der Waals surface area contributed by atoms with Gasteiger partial charge in [-0.05, 0) is 0 Å². The molecule has 1 N–H and O–H groups in total. The number of aromatic amines is 1. The van der Waals surface area contributed by atoms with Gasteiger partial charge in [0, 0.05) is 0 Å². The van der Waals surface area contributed by atoms with Gasteiger partial charge in [-0.3, -0.25) is 9.59 Å². The van der Waals surface area contributed by atoms with E-state index in [4.69, 9.17) is 0 Å². The number of fused-ring (bicyclic) bond motifs is 1. The molecule has 0 amide bonds. The van der Waals surface area contributed by atoms with Crippen molar-refractivity contribution in [2.45, 2.75) is 11.5 Å². The predicted octanol–water partition coefficient (Wildman–Crippen LogP) is -0.989. The maximum atomic E-state index is 11.3. The number of aldehydes is 1. The Bertz CT molecular complexity index is 558. The monoisotopic (exact) mass is 214 g/mol. The molecule has 14 heavy (non-hydrogen) atoms. The van der Waals surface area contributed by atoms with Crippen LogP contribution in [0.15, 0.2) is 4.79 Å². The number of sulfone groups is 1. The van der Waals surface area contributed by atoms with Crippen LogP contribution in [0.2, 0.25) is 0 Å². The molecule has 0 unspecified atom stereocenters. The van der Waals surface area contributed by atoms with Crippen molar-refractivity contribution in [1.82, 2.24) is 9.97 Å². The van der Waals surface area contributed by atoms with Crippen LogP contribution in [0, 0.1) is 0 Å². The van der Waals surface area contributed by atoms with Crippen LogP contribution in [0.3, 0.4) is 0 Å². The van der Waals surface area contributed by atoms with Gasteiger partial charge in [0.15, 0.2) is 21.9 Å². The molecule has 2 rings (SSSR count). The number of hydrogen-bond acceptors (Lipinski definition) is 5. The minimum atomic E-state index is -3.25. The molecule has 1 aliphatic heterocycles. The van der Waals surface area contributed by atoms with Crippen LogP contribution in [-0.2, 0) is 21.3 Å². The number of nitrogens with zero attached hydrogens (tertiary/aromatic N) is 1. The number of H-pyrrole nitrogens is 1. The summed E-state index contributed by atoms with van der Waals surface area (Å²) < 4.78 is 22.3. The zero-order valence-corrected chi connectivity index (χ0v) is 7.80. The molecule has 0 radical (unpaired) electrons. The molecule has 0 saturated heterocycles. The van der Waals surface area contributed by atoms with Gasteiger partial charge in [0.1, 0.15) is 0 Å². The van der Waals surface area contributed by atoms with Crippen LogP contribution >= 0.6 is 0 Å². The highest BCUT2D eigenvalue weighted by Gasteiger charge is 2.28. The number of hydrogen-bond donors (Lipinski definition) is 1. The number of nitrogens with one attached hydrogen (secondary N) is 1. The predicted molar refractivity (Wildman–Crippen MR) is 46.6 cm³/mol. The zero-order chi connectivity index (χ0) is 10.3. The van der Waals surface area contributed by atoms with Gasteiger partial charge in [-0.1, -0.05) is 0 Å². The van der Waals surface area contributed by atoms with E-state index < -0.39 is 15.4 Å². The number of aromatic nitrogens is 2. The van der Waals surface area contributed by atoms with E-state index in [1.54, 1.807) is 0 Å². The van der Waals surface area contributed by atoms with E-state index in [-0.39, 0.29) is 28.6 Å². The molecular formula is C7H6N2O4S. The van der Waals surface area contributed by atoms with Crippen LogP contribution < -0.4 is 5.56 Å². The van der Waals surface area contributed by atoms with Crippen molar-refractivity contribution in [3.63, 3.8) is 0 Å². The van der Waals surface area contributed by atoms with Gasteiger partial charge >= 0.3 is 0 Å². The molecule has 2 heterocycles. The minimum Gasteiger partial charge on any atom is -0.304 e. The van der Waals surface area contributed by atoms with Crippen LogP contribution in [0.4, 0.5) is 0 Å². The summed E-state index contributed by atoms with van der Waals surface area (Å²) in [4.78, 5) is 27.5. The van der Waals surface area contributed by atoms with Crippen molar-refractivity contribution in [2.24, 2.45) is 0 Å². The normalized spacial score (nSPS) is 17.7. The number of rotatable bonds is 1. The fourth-order valence-corrected chi connectivity index (χ4v) is 2.86. The fraction of sp³-hybridized carbons (Fsp3) is 0.286. The van der Waals surface area contributed by atoms with Crippen LogP contribution in [0.25, 0.3) is 0 Å². The Morgan fingerprint density at radius 1 is 1.36 bits per heavy atom. The highest BCUT2D eigenvalue weighted by molar-refractivity contribution is 7.90. The van der Waals surface area contributed by atoms with E-state index in [1.165, 1.54) is 0 Å². The number of carbonyl (C=O) groups excluding carboxylic acids is 1. The molecule has 0 saturated carbocycles. The molecule has 7 heteroatoms. The van der Waals surface area contributed by atoms with Crippen molar-refractivity contribution in [2.75, 3.05) is 0 Å². The summed E-state index contributed by atoms with van der Waals surface area (Å²) >= 11 is 0. The largest absolute Gasteiger partial charge is 0.304 e. The van der Waals surface area contributed by atoms with E-state index in [9.17, 15) is 18.0 Å². The first-order valence-corrected chi connectivity index (χ1v) is 5.61. The molecular weight excluding hydrogens is 208 g/mol. The molecule has 1 aromatic heterocycles. The standard InChI is InChI=1S/C7H6N2O4S/c10-1-6-8-5-3-14(12,13)2-4(5)7(11)9-6/h1H,2-3H2,(H,8,9,11). The van der Waals surface area contributed by atoms with Crippen LogP contribution in [-0.4, -0.2) is 24.7 Å². The van der Waals surface area contributed by atoms with Gasteiger partial charge in [-0.25, -0.2) is 13.4 Å². The lowest BCUT2D eigenvalue weighted by atomic mass is 10.3. The third-order valence-corrected chi connectivity index (χ3v) is 3.39. The van der Waals surface area contributed by atoms with E-state index in [2.05, 4.69) is 9.97 Å². The lowest BCUT2D eigenvalue weighted by molar-refractivity contribution is 0.111. The third kappa shape index (κ3) is 1.35. The minimum absolute atomic E-state index is 0.133. The second-order valence-electron chi connectivity index (χ2n) is 3.03. The lowest BCUT2D eigenvalue weighted by Crippen LogP contribution is -2.16. The van der Waals surface area contributed by atoms with Crippen molar-refractivity contribution in [3.8, 4) is 0 Å². The van der Waals surface area contributed by atoms with Crippen LogP contribution in [0.1, 0.15) is 21.9 Å². The van der Waals surface area contributed by atoms with Gasteiger partial charge < -0.3 is 4.98 Å². The first-order chi connectivity index (χ1) is 6.52. The van der Waals surface area contributed by atoms with Crippen molar-refractivity contribution < 1.29 is 13.2 Å². The van der Waals surface area contributed by atoms with Gasteiger partial charge in [0.25, 0.3) is 5.56 Å². The third-order valence-electron chi connectivity index (χ3n) is 1.95. The highest BCUT2D eigenvalue weighted by Crippen LogP contribution is 2.19. The van der Waals surface area contributed by atoms with E-state index in [0.717, 1.165) is 0 Å². The maximum absolute atomic E-state index is 11.3. The number of carbonyl (C=O) groups is 1. The van der Waals surface area contributed by atoms with E-state index in [1.807, 2.05) is 0 Å². The summed E-state index contributed by atoms with van der Waals surface area (Å²) in [5, 5.41) is 0. The smallest absolute Gasteiger partial charge is 0.255 e. The van der Waals surface area contributed by atoms with Crippen molar-refractivity contribution in [3.05, 3.63) is 27.4 Å².